The third kappa shape index (κ3) is 4.75. The molecule has 0 atom stereocenters. The van der Waals surface area contributed by atoms with Crippen LogP contribution in [-0.2, 0) is 14.8 Å². The van der Waals surface area contributed by atoms with Crippen LogP contribution in [0.25, 0.3) is 0 Å². The van der Waals surface area contributed by atoms with Crippen molar-refractivity contribution in [2.24, 2.45) is 0 Å². The maximum Gasteiger partial charge on any atom is 0.242 e. The van der Waals surface area contributed by atoms with Crippen LogP contribution < -0.4 is 10.0 Å². The number of carbonyl (C=O) groups excluding carboxylic acids is 1. The van der Waals surface area contributed by atoms with Gasteiger partial charge in [-0.2, -0.15) is 0 Å². The Morgan fingerprint density at radius 2 is 1.83 bits per heavy atom. The number of halogens is 2. The molecule has 122 valence electrons. The van der Waals surface area contributed by atoms with Crippen molar-refractivity contribution in [1.82, 2.24) is 4.72 Å². The summed E-state index contributed by atoms with van der Waals surface area (Å²) in [7, 11) is -3.90. The van der Waals surface area contributed by atoms with Crippen LogP contribution in [0, 0.1) is 12.7 Å². The first-order valence-corrected chi connectivity index (χ1v) is 8.45. The Kier molecular flexibility index (Phi) is 5.35. The number of carbonyl (C=O) groups is 1. The Morgan fingerprint density at radius 3 is 2.43 bits per heavy atom. The number of rotatable bonds is 5. The second-order valence-electron chi connectivity index (χ2n) is 4.81. The van der Waals surface area contributed by atoms with Crippen molar-refractivity contribution in [3.63, 3.8) is 0 Å². The number of nitrogens with one attached hydrogen (secondary N) is 2. The summed E-state index contributed by atoms with van der Waals surface area (Å²) in [6.07, 6.45) is 0. The van der Waals surface area contributed by atoms with E-state index in [1.807, 2.05) is 0 Å². The van der Waals surface area contributed by atoms with Crippen LogP contribution in [-0.4, -0.2) is 20.9 Å². The highest BCUT2D eigenvalue weighted by Gasteiger charge is 2.18. The van der Waals surface area contributed by atoms with Gasteiger partial charge in [0.15, 0.2) is 0 Å². The average Bonchev–Trinajstić information content (AvgIpc) is 2.47. The smallest absolute Gasteiger partial charge is 0.242 e. The van der Waals surface area contributed by atoms with Crippen LogP contribution in [0.4, 0.5) is 10.1 Å². The van der Waals surface area contributed by atoms with Crippen molar-refractivity contribution in [3.05, 3.63) is 58.9 Å². The predicted molar refractivity (Wildman–Crippen MR) is 86.4 cm³/mol. The van der Waals surface area contributed by atoms with Gasteiger partial charge in [-0.3, -0.25) is 4.79 Å². The number of aryl methyl sites for hydroxylation is 1. The molecular formula is C15H14ClFN2O3S. The molecule has 0 aliphatic carbocycles. The molecule has 0 saturated carbocycles. The first-order chi connectivity index (χ1) is 10.8. The molecule has 0 heterocycles. The molecule has 0 saturated heterocycles. The Morgan fingerprint density at radius 1 is 1.17 bits per heavy atom. The van der Waals surface area contributed by atoms with Crippen molar-refractivity contribution in [2.45, 2.75) is 11.8 Å². The molecule has 0 aliphatic rings. The van der Waals surface area contributed by atoms with E-state index in [0.717, 1.165) is 5.56 Å². The quantitative estimate of drug-likeness (QED) is 0.864. The zero-order chi connectivity index (χ0) is 17.0. The molecule has 1 amide bonds. The lowest BCUT2D eigenvalue weighted by Gasteiger charge is -2.09. The van der Waals surface area contributed by atoms with E-state index < -0.39 is 28.3 Å². The van der Waals surface area contributed by atoms with Crippen molar-refractivity contribution < 1.29 is 17.6 Å². The lowest BCUT2D eigenvalue weighted by Crippen LogP contribution is -2.33. The number of anilines is 1. The molecule has 2 rings (SSSR count). The van der Waals surface area contributed by atoms with Crippen molar-refractivity contribution in [2.75, 3.05) is 11.9 Å². The van der Waals surface area contributed by atoms with Gasteiger partial charge in [-0.1, -0.05) is 17.7 Å². The molecule has 0 aliphatic heterocycles. The van der Waals surface area contributed by atoms with Gasteiger partial charge in [0.25, 0.3) is 0 Å². The van der Waals surface area contributed by atoms with Crippen LogP contribution >= 0.6 is 11.6 Å². The van der Waals surface area contributed by atoms with E-state index in [2.05, 4.69) is 10.0 Å². The summed E-state index contributed by atoms with van der Waals surface area (Å²) in [5.41, 5.74) is 1.19. The molecule has 23 heavy (non-hydrogen) atoms. The van der Waals surface area contributed by atoms with Gasteiger partial charge in [0.2, 0.25) is 15.9 Å². The first-order valence-electron chi connectivity index (χ1n) is 6.59. The van der Waals surface area contributed by atoms with Crippen LogP contribution in [0.2, 0.25) is 5.02 Å². The minimum Gasteiger partial charge on any atom is -0.325 e. The second-order valence-corrected chi connectivity index (χ2v) is 6.96. The molecule has 2 N–H and O–H groups in total. The summed E-state index contributed by atoms with van der Waals surface area (Å²) in [6.45, 7) is 1.32. The molecule has 0 unspecified atom stereocenters. The van der Waals surface area contributed by atoms with Gasteiger partial charge in [-0.25, -0.2) is 17.5 Å². The normalized spacial score (nSPS) is 11.3. The molecule has 0 radical (unpaired) electrons. The monoisotopic (exact) mass is 356 g/mol. The molecule has 0 bridgehead atoms. The van der Waals surface area contributed by atoms with Crippen molar-refractivity contribution in [1.29, 1.82) is 0 Å². The lowest BCUT2D eigenvalue weighted by atomic mass is 10.2. The Hall–Kier alpha value is -1.96. The maximum absolute atomic E-state index is 12.8. The molecular weight excluding hydrogens is 343 g/mol. The van der Waals surface area contributed by atoms with E-state index in [-0.39, 0.29) is 9.92 Å². The average molecular weight is 357 g/mol. The zero-order valence-electron chi connectivity index (χ0n) is 12.1. The zero-order valence-corrected chi connectivity index (χ0v) is 13.7. The fourth-order valence-electron chi connectivity index (χ4n) is 1.80. The van der Waals surface area contributed by atoms with E-state index in [1.54, 1.807) is 13.0 Å². The predicted octanol–water partition coefficient (Wildman–Crippen LogP) is 2.70. The van der Waals surface area contributed by atoms with Gasteiger partial charge >= 0.3 is 0 Å². The van der Waals surface area contributed by atoms with Crippen LogP contribution in [0.5, 0.6) is 0 Å². The topological polar surface area (TPSA) is 75.3 Å². The molecule has 2 aromatic carbocycles. The highest BCUT2D eigenvalue weighted by Crippen LogP contribution is 2.22. The van der Waals surface area contributed by atoms with E-state index in [0.29, 0.717) is 5.69 Å². The highest BCUT2D eigenvalue weighted by atomic mass is 35.5. The molecule has 0 spiro atoms. The van der Waals surface area contributed by atoms with Gasteiger partial charge in [0.1, 0.15) is 10.7 Å². The molecule has 8 heteroatoms. The summed E-state index contributed by atoms with van der Waals surface area (Å²) < 4.78 is 39.2. The lowest BCUT2D eigenvalue weighted by molar-refractivity contribution is -0.115. The Bertz CT molecular complexity index is 823. The Labute approximate surface area is 138 Å². The molecule has 2 aromatic rings. The number of hydrogen-bond acceptors (Lipinski definition) is 3. The summed E-state index contributed by atoms with van der Waals surface area (Å²) in [6, 6.07) is 9.63. The standard InChI is InChI=1S/C15H14ClFN2O3S/c1-10-2-7-14(13(16)8-10)23(21,22)18-9-15(20)19-12-5-3-11(17)4-6-12/h2-8,18H,9H2,1H3,(H,19,20). The van der Waals surface area contributed by atoms with E-state index in [4.69, 9.17) is 11.6 Å². The summed E-state index contributed by atoms with van der Waals surface area (Å²) in [5, 5.41) is 2.53. The summed E-state index contributed by atoms with van der Waals surface area (Å²) in [5.74, 6) is -1.01. The van der Waals surface area contributed by atoms with E-state index in [9.17, 15) is 17.6 Å². The minimum absolute atomic E-state index is 0.0800. The SMILES string of the molecule is Cc1ccc(S(=O)(=O)NCC(=O)Nc2ccc(F)cc2)c(Cl)c1. The number of hydrogen-bond donors (Lipinski definition) is 2. The van der Waals surface area contributed by atoms with Crippen LogP contribution in [0.3, 0.4) is 0 Å². The van der Waals surface area contributed by atoms with Gasteiger partial charge in [-0.15, -0.1) is 0 Å². The first kappa shape index (κ1) is 17.4. The summed E-state index contributed by atoms with van der Waals surface area (Å²) >= 11 is 5.92. The van der Waals surface area contributed by atoms with Gasteiger partial charge < -0.3 is 5.32 Å². The third-order valence-electron chi connectivity index (χ3n) is 2.93. The number of benzene rings is 2. The van der Waals surface area contributed by atoms with Crippen molar-refractivity contribution in [3.8, 4) is 0 Å². The molecule has 5 nitrogen and oxygen atoms in total. The second kappa shape index (κ2) is 7.08. The minimum atomic E-state index is -3.90. The Balaban J connectivity index is 2.01. The molecule has 0 aromatic heterocycles. The molecule has 0 fully saturated rings. The van der Waals surface area contributed by atoms with Crippen molar-refractivity contribution >= 4 is 33.2 Å². The van der Waals surface area contributed by atoms with E-state index >= 15 is 0 Å². The van der Waals surface area contributed by atoms with Gasteiger partial charge in [-0.05, 0) is 48.9 Å². The number of sulfonamides is 1. The van der Waals surface area contributed by atoms with Crippen LogP contribution in [0.15, 0.2) is 47.4 Å². The maximum atomic E-state index is 12.8. The number of amides is 1. The highest BCUT2D eigenvalue weighted by molar-refractivity contribution is 7.89. The third-order valence-corrected chi connectivity index (χ3v) is 4.81. The van der Waals surface area contributed by atoms with E-state index in [1.165, 1.54) is 36.4 Å². The van der Waals surface area contributed by atoms with Crippen LogP contribution in [0.1, 0.15) is 5.56 Å². The van der Waals surface area contributed by atoms with Gasteiger partial charge in [0, 0.05) is 5.69 Å². The summed E-state index contributed by atoms with van der Waals surface area (Å²) in [4.78, 5) is 11.7. The largest absolute Gasteiger partial charge is 0.325 e. The fraction of sp³-hybridized carbons (Fsp3) is 0.133. The fourth-order valence-corrected chi connectivity index (χ4v) is 3.38. The van der Waals surface area contributed by atoms with Gasteiger partial charge in [0.05, 0.1) is 11.6 Å².